The second-order valence-electron chi connectivity index (χ2n) is 8.98. The first kappa shape index (κ1) is 23.2. The van der Waals surface area contributed by atoms with Crippen LogP contribution in [0.25, 0.3) is 0 Å². The molecule has 30 heavy (non-hydrogen) atoms. The third-order valence-electron chi connectivity index (χ3n) is 6.37. The predicted octanol–water partition coefficient (Wildman–Crippen LogP) is 4.02. The van der Waals surface area contributed by atoms with E-state index in [0.717, 1.165) is 50.1 Å². The quantitative estimate of drug-likeness (QED) is 0.522. The molecule has 1 aliphatic heterocycles. The second-order valence-corrected chi connectivity index (χ2v) is 9.42. The van der Waals surface area contributed by atoms with Crippen molar-refractivity contribution in [1.82, 2.24) is 9.80 Å². The van der Waals surface area contributed by atoms with Gasteiger partial charge in [-0.05, 0) is 67.9 Å². The van der Waals surface area contributed by atoms with Crippen molar-refractivity contribution < 1.29 is 14.3 Å². The Hall–Kier alpha value is -1.43. The molecule has 0 radical (unpaired) electrons. The normalized spacial score (nSPS) is 19.9. The van der Waals surface area contributed by atoms with Crippen LogP contribution in [0.3, 0.4) is 0 Å². The van der Waals surface area contributed by atoms with E-state index in [0.29, 0.717) is 36.3 Å². The van der Waals surface area contributed by atoms with Gasteiger partial charge in [0.15, 0.2) is 0 Å². The molecule has 0 N–H and O–H groups in total. The molecule has 2 aliphatic rings. The third-order valence-corrected chi connectivity index (χ3v) is 6.58. The van der Waals surface area contributed by atoms with Crippen LogP contribution in [0.5, 0.6) is 0 Å². The molecule has 6 heteroatoms. The maximum absolute atomic E-state index is 12.5. The highest BCUT2D eigenvalue weighted by Gasteiger charge is 2.32. The monoisotopic (exact) mass is 434 g/mol. The van der Waals surface area contributed by atoms with Crippen molar-refractivity contribution in [3.8, 4) is 0 Å². The van der Waals surface area contributed by atoms with Gasteiger partial charge >= 0.3 is 0 Å². The lowest BCUT2D eigenvalue weighted by Crippen LogP contribution is -2.53. The van der Waals surface area contributed by atoms with Gasteiger partial charge in [-0.25, -0.2) is 0 Å². The van der Waals surface area contributed by atoms with Gasteiger partial charge in [0.25, 0.3) is 0 Å². The van der Waals surface area contributed by atoms with Gasteiger partial charge in [-0.1, -0.05) is 11.6 Å². The number of benzene rings is 1. The van der Waals surface area contributed by atoms with E-state index in [9.17, 15) is 9.59 Å². The second kappa shape index (κ2) is 10.7. The number of rotatable bonds is 10. The van der Waals surface area contributed by atoms with Gasteiger partial charge in [0.05, 0.1) is 0 Å². The number of Topliss-reactive ketones (excluding diaryl/α,β-unsaturated/α-hetero) is 1. The first-order valence-electron chi connectivity index (χ1n) is 11.2. The molecule has 1 atom stereocenters. The number of hydrogen-bond acceptors (Lipinski definition) is 4. The van der Waals surface area contributed by atoms with Crippen molar-refractivity contribution in [2.24, 2.45) is 5.92 Å². The molecule has 1 aromatic rings. The lowest BCUT2D eigenvalue weighted by molar-refractivity contribution is -0.136. The Morgan fingerprint density at radius 1 is 1.20 bits per heavy atom. The molecule has 1 aliphatic carbocycles. The molecule has 1 aromatic carbocycles. The van der Waals surface area contributed by atoms with Crippen molar-refractivity contribution in [3.63, 3.8) is 0 Å². The molecular weight excluding hydrogens is 400 g/mol. The molecule has 1 amide bonds. The first-order valence-corrected chi connectivity index (χ1v) is 11.6. The summed E-state index contributed by atoms with van der Waals surface area (Å²) in [5.74, 6) is 1.17. The average Bonchev–Trinajstić information content (AvgIpc) is 3.49. The van der Waals surface area contributed by atoms with Crippen molar-refractivity contribution in [3.05, 3.63) is 33.8 Å². The topological polar surface area (TPSA) is 49.9 Å². The minimum atomic E-state index is 0.222. The summed E-state index contributed by atoms with van der Waals surface area (Å²) < 4.78 is 5.04. The Morgan fingerprint density at radius 3 is 2.60 bits per heavy atom. The molecule has 3 rings (SSSR count). The van der Waals surface area contributed by atoms with E-state index in [1.54, 1.807) is 7.11 Å². The number of halogens is 1. The number of nitrogens with zero attached hydrogens (tertiary/aromatic N) is 2. The average molecular weight is 435 g/mol. The lowest BCUT2D eigenvalue weighted by Gasteiger charge is -2.40. The Bertz CT molecular complexity index is 763. The number of ketones is 1. The van der Waals surface area contributed by atoms with Crippen LogP contribution in [0.1, 0.15) is 55.7 Å². The molecule has 0 spiro atoms. The number of methoxy groups -OCH3 is 1. The molecule has 0 aromatic heterocycles. The van der Waals surface area contributed by atoms with Crippen LogP contribution in [-0.4, -0.2) is 60.9 Å². The van der Waals surface area contributed by atoms with E-state index < -0.39 is 0 Å². The predicted molar refractivity (Wildman–Crippen MR) is 120 cm³/mol. The molecular formula is C24H35ClN2O3. The molecule has 166 valence electrons. The van der Waals surface area contributed by atoms with Crippen LogP contribution in [0.2, 0.25) is 5.02 Å². The van der Waals surface area contributed by atoms with Crippen molar-refractivity contribution in [2.75, 3.05) is 33.4 Å². The van der Waals surface area contributed by atoms with E-state index in [-0.39, 0.29) is 11.8 Å². The van der Waals surface area contributed by atoms with E-state index >= 15 is 0 Å². The summed E-state index contributed by atoms with van der Waals surface area (Å²) in [6.07, 6.45) is 4.85. The van der Waals surface area contributed by atoms with Gasteiger partial charge in [0.1, 0.15) is 5.78 Å². The Morgan fingerprint density at radius 2 is 1.93 bits per heavy atom. The fourth-order valence-electron chi connectivity index (χ4n) is 4.33. The highest BCUT2D eigenvalue weighted by molar-refractivity contribution is 6.30. The molecule has 1 heterocycles. The van der Waals surface area contributed by atoms with Crippen LogP contribution in [0.4, 0.5) is 0 Å². The van der Waals surface area contributed by atoms with E-state index in [1.165, 1.54) is 18.4 Å². The van der Waals surface area contributed by atoms with Crippen LogP contribution in [-0.2, 0) is 27.3 Å². The highest BCUT2D eigenvalue weighted by Crippen LogP contribution is 2.33. The fourth-order valence-corrected chi connectivity index (χ4v) is 4.60. The molecule has 5 nitrogen and oxygen atoms in total. The Kier molecular flexibility index (Phi) is 8.32. The maximum Gasteiger partial charge on any atom is 0.223 e. The van der Waals surface area contributed by atoms with Gasteiger partial charge in [-0.15, -0.1) is 0 Å². The fraction of sp³-hybridized carbons (Fsp3) is 0.667. The zero-order valence-electron chi connectivity index (χ0n) is 18.6. The summed E-state index contributed by atoms with van der Waals surface area (Å²) in [5.41, 5.74) is 3.35. The summed E-state index contributed by atoms with van der Waals surface area (Å²) in [7, 11) is 1.65. The molecule has 0 unspecified atom stereocenters. The molecule has 2 fully saturated rings. The smallest absolute Gasteiger partial charge is 0.223 e. The summed E-state index contributed by atoms with van der Waals surface area (Å²) >= 11 is 6.39. The van der Waals surface area contributed by atoms with Gasteiger partial charge in [0.2, 0.25) is 5.91 Å². The number of piperazine rings is 1. The van der Waals surface area contributed by atoms with Crippen molar-refractivity contribution in [2.45, 2.75) is 65.0 Å². The Labute approximate surface area is 185 Å². The van der Waals surface area contributed by atoms with E-state index in [1.807, 2.05) is 12.1 Å². The first-order chi connectivity index (χ1) is 14.4. The number of hydrogen-bond donors (Lipinski definition) is 0. The van der Waals surface area contributed by atoms with Crippen LogP contribution >= 0.6 is 11.6 Å². The minimum absolute atomic E-state index is 0.222. The zero-order valence-corrected chi connectivity index (χ0v) is 19.3. The molecule has 1 saturated carbocycles. The SMILES string of the molecule is COCCCC(=O)Cc1cc(Cl)cc(CN2CCN(C(=O)CC3CC3)[C@@H](C)C2)c1C. The number of amides is 1. The van der Waals surface area contributed by atoms with Gasteiger partial charge in [-0.2, -0.15) is 0 Å². The summed E-state index contributed by atoms with van der Waals surface area (Å²) in [6.45, 7) is 8.17. The number of carbonyl (C=O) groups excluding carboxylic acids is 2. The van der Waals surface area contributed by atoms with Gasteiger partial charge in [-0.3, -0.25) is 14.5 Å². The van der Waals surface area contributed by atoms with Gasteiger partial charge in [0, 0.05) is 70.2 Å². The zero-order chi connectivity index (χ0) is 21.7. The van der Waals surface area contributed by atoms with E-state index in [2.05, 4.69) is 23.6 Å². The Balaban J connectivity index is 1.59. The number of carbonyl (C=O) groups is 2. The molecule has 1 saturated heterocycles. The largest absolute Gasteiger partial charge is 0.385 e. The van der Waals surface area contributed by atoms with Crippen molar-refractivity contribution in [1.29, 1.82) is 0 Å². The van der Waals surface area contributed by atoms with Crippen LogP contribution in [0, 0.1) is 12.8 Å². The summed E-state index contributed by atoms with van der Waals surface area (Å²) in [5, 5.41) is 0.682. The minimum Gasteiger partial charge on any atom is -0.385 e. The number of ether oxygens (including phenoxy) is 1. The lowest BCUT2D eigenvalue weighted by atomic mass is 9.96. The summed E-state index contributed by atoms with van der Waals surface area (Å²) in [6, 6.07) is 4.17. The maximum atomic E-state index is 12.5. The highest BCUT2D eigenvalue weighted by atomic mass is 35.5. The standard InChI is InChI=1S/C24H35ClN2O3/c1-17-15-26(8-9-27(17)24(29)11-19-6-7-19)16-21-13-22(25)12-20(18(21)2)14-23(28)5-4-10-30-3/h12-13,17,19H,4-11,14-16H2,1-3H3/t17-/m0/s1. The van der Waals surface area contributed by atoms with Crippen LogP contribution in [0.15, 0.2) is 12.1 Å². The van der Waals surface area contributed by atoms with Crippen molar-refractivity contribution >= 4 is 23.3 Å². The van der Waals surface area contributed by atoms with Gasteiger partial charge < -0.3 is 9.64 Å². The summed E-state index contributed by atoms with van der Waals surface area (Å²) in [4.78, 5) is 29.3. The molecule has 0 bridgehead atoms. The van der Waals surface area contributed by atoms with E-state index in [4.69, 9.17) is 16.3 Å². The third kappa shape index (κ3) is 6.53. The van der Waals surface area contributed by atoms with Crippen LogP contribution < -0.4 is 0 Å².